The van der Waals surface area contributed by atoms with E-state index in [4.69, 9.17) is 4.98 Å². The molecular weight excluding hydrogens is 455 g/mol. The number of para-hydroxylation sites is 3. The summed E-state index contributed by atoms with van der Waals surface area (Å²) in [5.74, 6) is -0.105. The molecule has 2 amide bonds. The maximum absolute atomic E-state index is 15.0. The van der Waals surface area contributed by atoms with E-state index >= 15 is 0 Å². The number of aromatic nitrogens is 2. The third kappa shape index (κ3) is 4.87. The number of rotatable bonds is 6. The molecule has 1 unspecified atom stereocenters. The standard InChI is InChI=1S/C29H31FN4O2/c1-18(2)17-33(29(36)32-26-19(3)11-10-12-20(26)4)21(5)27-31-24-15-8-6-13-22(24)28(35)34(27)25-16-9-7-14-23(25)30/h6-16,18,21H,17H2,1-5H3,(H,32,36). The summed E-state index contributed by atoms with van der Waals surface area (Å²) in [6.07, 6.45) is 0. The van der Waals surface area contributed by atoms with Crippen molar-refractivity contribution in [1.29, 1.82) is 0 Å². The van der Waals surface area contributed by atoms with Crippen LogP contribution in [0, 0.1) is 25.6 Å². The van der Waals surface area contributed by atoms with Gasteiger partial charge in [-0.05, 0) is 62.1 Å². The normalized spacial score (nSPS) is 12.1. The number of anilines is 1. The van der Waals surface area contributed by atoms with Crippen LogP contribution in [0.2, 0.25) is 0 Å². The summed E-state index contributed by atoms with van der Waals surface area (Å²) in [7, 11) is 0. The summed E-state index contributed by atoms with van der Waals surface area (Å²) in [5.41, 5.74) is 2.87. The molecule has 1 aromatic heterocycles. The molecule has 36 heavy (non-hydrogen) atoms. The molecular formula is C29H31FN4O2. The van der Waals surface area contributed by atoms with Gasteiger partial charge in [-0.15, -0.1) is 0 Å². The largest absolute Gasteiger partial charge is 0.322 e. The van der Waals surface area contributed by atoms with E-state index < -0.39 is 11.9 Å². The second kappa shape index (κ2) is 10.3. The lowest BCUT2D eigenvalue weighted by Crippen LogP contribution is -2.42. The molecule has 0 saturated heterocycles. The van der Waals surface area contributed by atoms with Crippen LogP contribution in [0.1, 0.15) is 43.8 Å². The number of fused-ring (bicyclic) bond motifs is 1. The van der Waals surface area contributed by atoms with Gasteiger partial charge in [-0.25, -0.2) is 14.2 Å². The SMILES string of the molecule is Cc1cccc(C)c1NC(=O)N(CC(C)C)C(C)c1nc2ccccc2c(=O)n1-c1ccccc1F. The van der Waals surface area contributed by atoms with Crippen molar-refractivity contribution in [2.24, 2.45) is 5.92 Å². The van der Waals surface area contributed by atoms with Crippen molar-refractivity contribution in [3.8, 4) is 5.69 Å². The predicted octanol–water partition coefficient (Wildman–Crippen LogP) is 6.39. The summed E-state index contributed by atoms with van der Waals surface area (Å²) >= 11 is 0. The molecule has 1 atom stereocenters. The fourth-order valence-electron chi connectivity index (χ4n) is 4.44. The van der Waals surface area contributed by atoms with Gasteiger partial charge < -0.3 is 10.2 Å². The maximum atomic E-state index is 15.0. The van der Waals surface area contributed by atoms with Crippen LogP contribution in [0.4, 0.5) is 14.9 Å². The van der Waals surface area contributed by atoms with Gasteiger partial charge in [0.25, 0.3) is 5.56 Å². The average molecular weight is 487 g/mol. The fraction of sp³-hybridized carbons (Fsp3) is 0.276. The Bertz CT molecular complexity index is 1460. The van der Waals surface area contributed by atoms with Gasteiger partial charge in [0.15, 0.2) is 0 Å². The summed E-state index contributed by atoms with van der Waals surface area (Å²) < 4.78 is 16.3. The van der Waals surface area contributed by atoms with Crippen molar-refractivity contribution in [2.75, 3.05) is 11.9 Å². The monoisotopic (exact) mass is 486 g/mol. The third-order valence-electron chi connectivity index (χ3n) is 6.27. The van der Waals surface area contributed by atoms with Gasteiger partial charge in [0.2, 0.25) is 0 Å². The summed E-state index contributed by atoms with van der Waals surface area (Å²) in [6, 6.07) is 18.0. The highest BCUT2D eigenvalue weighted by molar-refractivity contribution is 5.91. The molecule has 6 nitrogen and oxygen atoms in total. The van der Waals surface area contributed by atoms with Crippen molar-refractivity contribution in [2.45, 2.75) is 40.7 Å². The number of hydrogen-bond donors (Lipinski definition) is 1. The van der Waals surface area contributed by atoms with Crippen LogP contribution >= 0.6 is 0 Å². The van der Waals surface area contributed by atoms with Crippen molar-refractivity contribution in [3.63, 3.8) is 0 Å². The Morgan fingerprint density at radius 2 is 1.61 bits per heavy atom. The maximum Gasteiger partial charge on any atom is 0.322 e. The van der Waals surface area contributed by atoms with E-state index in [2.05, 4.69) is 5.32 Å². The number of aryl methyl sites for hydroxylation is 2. The van der Waals surface area contributed by atoms with Gasteiger partial charge in [0.1, 0.15) is 11.6 Å². The number of urea groups is 1. The highest BCUT2D eigenvalue weighted by atomic mass is 19.1. The number of nitrogens with zero attached hydrogens (tertiary/aromatic N) is 3. The van der Waals surface area contributed by atoms with E-state index in [0.717, 1.165) is 16.8 Å². The average Bonchev–Trinajstić information content (AvgIpc) is 2.85. The van der Waals surface area contributed by atoms with Crippen molar-refractivity contribution in [3.05, 3.63) is 99.9 Å². The topological polar surface area (TPSA) is 67.2 Å². The molecule has 1 heterocycles. The lowest BCUT2D eigenvalue weighted by atomic mass is 10.1. The molecule has 0 aliphatic rings. The Balaban J connectivity index is 1.87. The highest BCUT2D eigenvalue weighted by Crippen LogP contribution is 2.27. The lowest BCUT2D eigenvalue weighted by Gasteiger charge is -2.32. The zero-order valence-corrected chi connectivity index (χ0v) is 21.2. The van der Waals surface area contributed by atoms with E-state index in [1.165, 1.54) is 10.6 Å². The van der Waals surface area contributed by atoms with Crippen molar-refractivity contribution >= 4 is 22.6 Å². The van der Waals surface area contributed by atoms with E-state index in [1.54, 1.807) is 47.4 Å². The molecule has 0 bridgehead atoms. The quantitative estimate of drug-likeness (QED) is 0.343. The van der Waals surface area contributed by atoms with Crippen molar-refractivity contribution < 1.29 is 9.18 Å². The molecule has 0 aliphatic heterocycles. The minimum atomic E-state index is -0.631. The Kier molecular flexibility index (Phi) is 7.20. The first-order chi connectivity index (χ1) is 17.2. The van der Waals surface area contributed by atoms with Crippen LogP contribution in [0.3, 0.4) is 0 Å². The Morgan fingerprint density at radius 3 is 2.28 bits per heavy atom. The predicted molar refractivity (Wildman–Crippen MR) is 142 cm³/mol. The van der Waals surface area contributed by atoms with Gasteiger partial charge in [-0.1, -0.05) is 56.3 Å². The highest BCUT2D eigenvalue weighted by Gasteiger charge is 2.28. The molecule has 0 saturated carbocycles. The van der Waals surface area contributed by atoms with Gasteiger partial charge >= 0.3 is 6.03 Å². The van der Waals surface area contributed by atoms with Gasteiger partial charge in [-0.2, -0.15) is 0 Å². The van der Waals surface area contributed by atoms with Crippen LogP contribution in [-0.4, -0.2) is 27.0 Å². The fourth-order valence-corrected chi connectivity index (χ4v) is 4.44. The molecule has 3 aromatic carbocycles. The minimum absolute atomic E-state index is 0.0993. The van der Waals surface area contributed by atoms with E-state index in [9.17, 15) is 14.0 Å². The van der Waals surface area contributed by atoms with Crippen LogP contribution in [0.25, 0.3) is 16.6 Å². The first-order valence-corrected chi connectivity index (χ1v) is 12.1. The summed E-state index contributed by atoms with van der Waals surface area (Å²) in [6.45, 7) is 10.2. The molecule has 1 N–H and O–H groups in total. The third-order valence-corrected chi connectivity index (χ3v) is 6.27. The number of nitrogens with one attached hydrogen (secondary N) is 1. The van der Waals surface area contributed by atoms with Crippen LogP contribution in [0.5, 0.6) is 0 Å². The molecule has 0 fully saturated rings. The molecule has 0 aliphatic carbocycles. The zero-order chi connectivity index (χ0) is 26.0. The first-order valence-electron chi connectivity index (χ1n) is 12.1. The number of halogens is 1. The summed E-state index contributed by atoms with van der Waals surface area (Å²) in [4.78, 5) is 33.7. The van der Waals surface area contributed by atoms with Gasteiger partial charge in [0, 0.05) is 12.2 Å². The van der Waals surface area contributed by atoms with Crippen molar-refractivity contribution in [1.82, 2.24) is 14.5 Å². The summed E-state index contributed by atoms with van der Waals surface area (Å²) in [5, 5.41) is 3.44. The van der Waals surface area contributed by atoms with Crippen LogP contribution < -0.4 is 10.9 Å². The minimum Gasteiger partial charge on any atom is -0.314 e. The second-order valence-corrected chi connectivity index (χ2v) is 9.50. The lowest BCUT2D eigenvalue weighted by molar-refractivity contribution is 0.179. The molecule has 4 rings (SSSR count). The van der Waals surface area contributed by atoms with E-state index in [1.807, 2.05) is 52.8 Å². The molecule has 0 radical (unpaired) electrons. The van der Waals surface area contributed by atoms with Gasteiger partial charge in [0.05, 0.1) is 22.6 Å². The first kappa shape index (κ1) is 25.1. The molecule has 186 valence electrons. The number of carbonyl (C=O) groups is 1. The molecule has 7 heteroatoms. The van der Waals surface area contributed by atoms with Gasteiger partial charge in [-0.3, -0.25) is 9.36 Å². The number of carbonyl (C=O) groups excluding carboxylic acids is 1. The Labute approximate surface area is 210 Å². The zero-order valence-electron chi connectivity index (χ0n) is 21.2. The second-order valence-electron chi connectivity index (χ2n) is 9.50. The molecule has 0 spiro atoms. The van der Waals surface area contributed by atoms with Crippen LogP contribution in [-0.2, 0) is 0 Å². The smallest absolute Gasteiger partial charge is 0.314 e. The number of amides is 2. The molecule has 4 aromatic rings. The Hall–Kier alpha value is -4.00. The van der Waals surface area contributed by atoms with Crippen LogP contribution in [0.15, 0.2) is 71.5 Å². The Morgan fingerprint density at radius 1 is 0.972 bits per heavy atom. The van der Waals surface area contributed by atoms with E-state index in [0.29, 0.717) is 23.3 Å². The number of hydrogen-bond acceptors (Lipinski definition) is 3. The van der Waals surface area contributed by atoms with E-state index in [-0.39, 0.29) is 23.2 Å². The number of benzene rings is 3.